The third kappa shape index (κ3) is 3.67. The van der Waals surface area contributed by atoms with Crippen molar-refractivity contribution >= 4 is 35.2 Å². The van der Waals surface area contributed by atoms with Gasteiger partial charge in [0.2, 0.25) is 5.91 Å². The first-order chi connectivity index (χ1) is 9.52. The van der Waals surface area contributed by atoms with Crippen LogP contribution >= 0.6 is 23.4 Å². The van der Waals surface area contributed by atoms with E-state index >= 15 is 0 Å². The first kappa shape index (κ1) is 15.2. The van der Waals surface area contributed by atoms with Gasteiger partial charge < -0.3 is 10.4 Å². The van der Waals surface area contributed by atoms with Crippen LogP contribution in [0.25, 0.3) is 0 Å². The average molecular weight is 314 g/mol. The quantitative estimate of drug-likeness (QED) is 0.895. The third-order valence-corrected chi connectivity index (χ3v) is 4.65. The number of carboxylic acid groups (broad SMARTS) is 1. The molecule has 1 aromatic carbocycles. The van der Waals surface area contributed by atoms with Crippen LogP contribution in [-0.4, -0.2) is 34.0 Å². The highest BCUT2D eigenvalue weighted by atomic mass is 35.5. The largest absolute Gasteiger partial charge is 0.480 e. The minimum absolute atomic E-state index is 0.166. The molecule has 20 heavy (non-hydrogen) atoms. The number of thioether (sulfide) groups is 1. The van der Waals surface area contributed by atoms with Crippen LogP contribution in [0.3, 0.4) is 0 Å². The van der Waals surface area contributed by atoms with Gasteiger partial charge in [-0.15, -0.1) is 0 Å². The average Bonchev–Trinajstić information content (AvgIpc) is 2.42. The fourth-order valence-electron chi connectivity index (χ4n) is 2.21. The van der Waals surface area contributed by atoms with Crippen LogP contribution in [0.4, 0.5) is 0 Å². The van der Waals surface area contributed by atoms with Crippen LogP contribution in [0.5, 0.6) is 0 Å². The number of aliphatic carboxylic acids is 1. The Bertz CT molecular complexity index is 498. The van der Waals surface area contributed by atoms with E-state index in [9.17, 15) is 14.7 Å². The summed E-state index contributed by atoms with van der Waals surface area (Å²) in [5.74, 6) is 0.310. The fourth-order valence-corrected chi connectivity index (χ4v) is 3.53. The molecule has 1 heterocycles. The Labute approximate surface area is 126 Å². The molecule has 108 valence electrons. The van der Waals surface area contributed by atoms with Gasteiger partial charge in [-0.3, -0.25) is 4.79 Å². The minimum Gasteiger partial charge on any atom is -0.480 e. The first-order valence-corrected chi connectivity index (χ1v) is 7.92. The zero-order chi connectivity index (χ0) is 14.6. The summed E-state index contributed by atoms with van der Waals surface area (Å²) in [5.41, 5.74) is -0.285. The van der Waals surface area contributed by atoms with Crippen molar-refractivity contribution in [2.24, 2.45) is 0 Å². The second-order valence-electron chi connectivity index (χ2n) is 4.85. The van der Waals surface area contributed by atoms with Crippen LogP contribution in [0.2, 0.25) is 5.02 Å². The lowest BCUT2D eigenvalue weighted by atomic mass is 9.92. The summed E-state index contributed by atoms with van der Waals surface area (Å²) < 4.78 is 0. The van der Waals surface area contributed by atoms with Crippen molar-refractivity contribution < 1.29 is 14.7 Å². The van der Waals surface area contributed by atoms with E-state index in [1.54, 1.807) is 36.0 Å². The van der Waals surface area contributed by atoms with Crippen LogP contribution in [0, 0.1) is 0 Å². The van der Waals surface area contributed by atoms with Gasteiger partial charge in [0.15, 0.2) is 0 Å². The number of carboxylic acids is 1. The van der Waals surface area contributed by atoms with E-state index in [2.05, 4.69) is 5.32 Å². The molecule has 0 bridgehead atoms. The fraction of sp³-hybridized carbons (Fsp3) is 0.429. The number of carbonyl (C=O) groups is 2. The van der Waals surface area contributed by atoms with E-state index in [1.165, 1.54) is 0 Å². The Morgan fingerprint density at radius 2 is 1.85 bits per heavy atom. The predicted molar refractivity (Wildman–Crippen MR) is 80.2 cm³/mol. The smallest absolute Gasteiger partial charge is 0.329 e. The monoisotopic (exact) mass is 313 g/mol. The second kappa shape index (κ2) is 6.50. The summed E-state index contributed by atoms with van der Waals surface area (Å²) >= 11 is 7.50. The van der Waals surface area contributed by atoms with Gasteiger partial charge in [0.25, 0.3) is 0 Å². The molecule has 0 spiro atoms. The lowest BCUT2D eigenvalue weighted by molar-refractivity contribution is -0.148. The summed E-state index contributed by atoms with van der Waals surface area (Å²) in [6.07, 6.45) is 1.11. The highest BCUT2D eigenvalue weighted by Crippen LogP contribution is 2.27. The molecule has 2 N–H and O–H groups in total. The second-order valence-corrected chi connectivity index (χ2v) is 6.51. The van der Waals surface area contributed by atoms with Gasteiger partial charge in [0.1, 0.15) is 5.54 Å². The van der Waals surface area contributed by atoms with Crippen molar-refractivity contribution in [1.29, 1.82) is 0 Å². The zero-order valence-electron chi connectivity index (χ0n) is 10.9. The molecule has 1 aromatic rings. The molecule has 0 unspecified atom stereocenters. The molecule has 1 saturated heterocycles. The molecule has 2 rings (SSSR count). The van der Waals surface area contributed by atoms with Gasteiger partial charge in [-0.05, 0) is 42.0 Å². The van der Waals surface area contributed by atoms with Gasteiger partial charge >= 0.3 is 5.97 Å². The molecule has 0 saturated carbocycles. The van der Waals surface area contributed by atoms with Crippen LogP contribution in [0.15, 0.2) is 24.3 Å². The number of nitrogens with one attached hydrogen (secondary N) is 1. The van der Waals surface area contributed by atoms with Crippen LogP contribution < -0.4 is 5.32 Å². The molecule has 0 atom stereocenters. The van der Waals surface area contributed by atoms with Gasteiger partial charge in [-0.2, -0.15) is 11.8 Å². The Morgan fingerprint density at radius 1 is 1.25 bits per heavy atom. The third-order valence-electron chi connectivity index (χ3n) is 3.41. The van der Waals surface area contributed by atoms with Crippen molar-refractivity contribution in [3.8, 4) is 0 Å². The van der Waals surface area contributed by atoms with E-state index in [4.69, 9.17) is 11.6 Å². The number of hydrogen-bond donors (Lipinski definition) is 2. The van der Waals surface area contributed by atoms with Crippen molar-refractivity contribution in [1.82, 2.24) is 5.32 Å². The minimum atomic E-state index is -1.10. The van der Waals surface area contributed by atoms with E-state index in [0.29, 0.717) is 17.9 Å². The Kier molecular flexibility index (Phi) is 4.94. The van der Waals surface area contributed by atoms with Gasteiger partial charge in [0, 0.05) is 5.02 Å². The van der Waals surface area contributed by atoms with Gasteiger partial charge in [-0.25, -0.2) is 4.79 Å². The number of benzene rings is 1. The number of carbonyl (C=O) groups excluding carboxylic acids is 1. The molecule has 4 nitrogen and oxygen atoms in total. The number of hydrogen-bond acceptors (Lipinski definition) is 3. The lowest BCUT2D eigenvalue weighted by Crippen LogP contribution is -2.56. The Morgan fingerprint density at radius 3 is 2.40 bits per heavy atom. The molecular formula is C14H16ClNO3S. The molecule has 6 heteroatoms. The van der Waals surface area contributed by atoms with Crippen LogP contribution in [0.1, 0.15) is 18.4 Å². The molecule has 0 aliphatic carbocycles. The first-order valence-electron chi connectivity index (χ1n) is 6.38. The molecule has 1 aliphatic rings. The number of rotatable bonds is 4. The summed E-state index contributed by atoms with van der Waals surface area (Å²) in [6.45, 7) is 0. The van der Waals surface area contributed by atoms with Crippen molar-refractivity contribution in [3.63, 3.8) is 0 Å². The standard InChI is InChI=1S/C14H16ClNO3S/c15-11-3-1-10(2-4-11)9-12(17)16-14(13(18)19)5-7-20-8-6-14/h1-4H,5-9H2,(H,16,17)(H,18,19). The van der Waals surface area contributed by atoms with Gasteiger partial charge in [-0.1, -0.05) is 23.7 Å². The topological polar surface area (TPSA) is 66.4 Å². The molecule has 1 amide bonds. The maximum absolute atomic E-state index is 12.1. The maximum atomic E-state index is 12.1. The SMILES string of the molecule is O=C(Cc1ccc(Cl)cc1)NC1(C(=O)O)CCSCC1. The van der Waals surface area contributed by atoms with Crippen molar-refractivity contribution in [3.05, 3.63) is 34.9 Å². The Balaban J connectivity index is 2.01. The summed E-state index contributed by atoms with van der Waals surface area (Å²) in [4.78, 5) is 23.5. The molecular weight excluding hydrogens is 298 g/mol. The molecule has 0 aromatic heterocycles. The lowest BCUT2D eigenvalue weighted by Gasteiger charge is -2.33. The normalized spacial score (nSPS) is 17.4. The maximum Gasteiger partial charge on any atom is 0.329 e. The highest BCUT2D eigenvalue weighted by Gasteiger charge is 2.41. The molecule has 0 radical (unpaired) electrons. The van der Waals surface area contributed by atoms with Gasteiger partial charge in [0.05, 0.1) is 6.42 Å². The predicted octanol–water partition coefficient (Wildman–Crippen LogP) is 2.35. The van der Waals surface area contributed by atoms with E-state index in [1.807, 2.05) is 0 Å². The summed E-state index contributed by atoms with van der Waals surface area (Å²) in [7, 11) is 0. The highest BCUT2D eigenvalue weighted by molar-refractivity contribution is 7.99. The zero-order valence-corrected chi connectivity index (χ0v) is 12.5. The molecule has 1 fully saturated rings. The summed E-state index contributed by atoms with van der Waals surface area (Å²) in [5, 5.41) is 12.7. The van der Waals surface area contributed by atoms with Crippen molar-refractivity contribution in [2.75, 3.05) is 11.5 Å². The number of halogens is 1. The summed E-state index contributed by atoms with van der Waals surface area (Å²) in [6, 6.07) is 6.97. The molecule has 1 aliphatic heterocycles. The van der Waals surface area contributed by atoms with E-state index < -0.39 is 11.5 Å². The number of amides is 1. The van der Waals surface area contributed by atoms with E-state index in [0.717, 1.165) is 17.1 Å². The van der Waals surface area contributed by atoms with E-state index in [-0.39, 0.29) is 12.3 Å². The van der Waals surface area contributed by atoms with Crippen LogP contribution in [-0.2, 0) is 16.0 Å². The Hall–Kier alpha value is -1.20. The van der Waals surface area contributed by atoms with Crippen molar-refractivity contribution in [2.45, 2.75) is 24.8 Å².